The number of hydrogen-bond donors (Lipinski definition) is 1. The Morgan fingerprint density at radius 3 is 2.39 bits per heavy atom. The summed E-state index contributed by atoms with van der Waals surface area (Å²) in [5, 5.41) is 8.90. The number of nitrogens with one attached hydrogen (secondary N) is 1. The standard InChI is InChI=1S/C23H21N3O6S/c1-28-14-6-8-18(29-2)15(10-14)20-11-16(26-32-20)22(27)25-23-24-17(12-33-23)13-5-7-19(30-3)21(9-13)31-4/h5-12H,1-4H3,(H,24,25,27). The summed E-state index contributed by atoms with van der Waals surface area (Å²) >= 11 is 1.29. The van der Waals surface area contributed by atoms with Gasteiger partial charge in [-0.15, -0.1) is 11.3 Å². The van der Waals surface area contributed by atoms with Crippen LogP contribution < -0.4 is 24.3 Å². The largest absolute Gasteiger partial charge is 0.497 e. The predicted molar refractivity (Wildman–Crippen MR) is 124 cm³/mol. The molecule has 33 heavy (non-hydrogen) atoms. The molecule has 2 heterocycles. The van der Waals surface area contributed by atoms with Gasteiger partial charge in [-0.1, -0.05) is 5.16 Å². The molecule has 170 valence electrons. The normalized spacial score (nSPS) is 10.5. The fourth-order valence-electron chi connectivity index (χ4n) is 3.14. The molecular weight excluding hydrogens is 446 g/mol. The van der Waals surface area contributed by atoms with E-state index < -0.39 is 5.91 Å². The van der Waals surface area contributed by atoms with E-state index in [1.54, 1.807) is 52.7 Å². The second-order valence-corrected chi connectivity index (χ2v) is 7.56. The predicted octanol–water partition coefficient (Wildman–Crippen LogP) is 4.75. The lowest BCUT2D eigenvalue weighted by Gasteiger charge is -2.08. The van der Waals surface area contributed by atoms with Crippen LogP contribution in [0.3, 0.4) is 0 Å². The van der Waals surface area contributed by atoms with Crippen LogP contribution in [0.15, 0.2) is 52.4 Å². The highest BCUT2D eigenvalue weighted by molar-refractivity contribution is 7.14. The maximum absolute atomic E-state index is 12.7. The monoisotopic (exact) mass is 467 g/mol. The molecule has 2 aromatic heterocycles. The number of ether oxygens (including phenoxy) is 4. The van der Waals surface area contributed by atoms with E-state index in [1.165, 1.54) is 17.4 Å². The van der Waals surface area contributed by atoms with Gasteiger partial charge >= 0.3 is 0 Å². The second-order valence-electron chi connectivity index (χ2n) is 6.70. The Labute approximate surface area is 193 Å². The van der Waals surface area contributed by atoms with Crippen LogP contribution in [0.5, 0.6) is 23.0 Å². The zero-order chi connectivity index (χ0) is 23.4. The average molecular weight is 468 g/mol. The smallest absolute Gasteiger partial charge is 0.279 e. The number of nitrogens with zero attached hydrogens (tertiary/aromatic N) is 2. The first kappa shape index (κ1) is 22.2. The zero-order valence-electron chi connectivity index (χ0n) is 18.4. The van der Waals surface area contributed by atoms with E-state index in [9.17, 15) is 4.79 Å². The fraction of sp³-hybridized carbons (Fsp3) is 0.174. The lowest BCUT2D eigenvalue weighted by molar-refractivity contribution is 0.101. The summed E-state index contributed by atoms with van der Waals surface area (Å²) in [5.74, 6) is 2.34. The highest BCUT2D eigenvalue weighted by Crippen LogP contribution is 2.35. The Hall–Kier alpha value is -4.05. The molecule has 0 aliphatic rings. The van der Waals surface area contributed by atoms with Gasteiger partial charge in [0.1, 0.15) is 11.5 Å². The topological polar surface area (TPSA) is 105 Å². The quantitative estimate of drug-likeness (QED) is 0.396. The minimum Gasteiger partial charge on any atom is -0.497 e. The van der Waals surface area contributed by atoms with Crippen LogP contribution >= 0.6 is 11.3 Å². The summed E-state index contributed by atoms with van der Waals surface area (Å²) < 4.78 is 26.6. The minimum atomic E-state index is -0.444. The third-order valence-corrected chi connectivity index (χ3v) is 5.58. The number of carbonyl (C=O) groups is 1. The van der Waals surface area contributed by atoms with Crippen molar-refractivity contribution >= 4 is 22.4 Å². The molecular formula is C23H21N3O6S. The molecule has 0 bridgehead atoms. The van der Waals surface area contributed by atoms with Crippen LogP contribution in [0.2, 0.25) is 0 Å². The van der Waals surface area contributed by atoms with Crippen molar-refractivity contribution < 1.29 is 28.3 Å². The van der Waals surface area contributed by atoms with Crippen molar-refractivity contribution in [3.05, 3.63) is 53.5 Å². The third-order valence-electron chi connectivity index (χ3n) is 4.82. The zero-order valence-corrected chi connectivity index (χ0v) is 19.2. The maximum Gasteiger partial charge on any atom is 0.279 e. The lowest BCUT2D eigenvalue weighted by Crippen LogP contribution is -2.11. The van der Waals surface area contributed by atoms with E-state index >= 15 is 0 Å². The molecule has 0 atom stereocenters. The first-order valence-electron chi connectivity index (χ1n) is 9.74. The molecule has 0 spiro atoms. The molecule has 4 rings (SSSR count). The van der Waals surface area contributed by atoms with Gasteiger partial charge in [0.25, 0.3) is 5.91 Å². The van der Waals surface area contributed by atoms with Gasteiger partial charge in [-0.25, -0.2) is 4.98 Å². The fourth-order valence-corrected chi connectivity index (χ4v) is 3.85. The number of thiazole rings is 1. The number of amides is 1. The SMILES string of the molecule is COc1ccc(OC)c(-c2cc(C(=O)Nc3nc(-c4ccc(OC)c(OC)c4)cs3)no2)c1. The molecule has 1 N–H and O–H groups in total. The van der Waals surface area contributed by atoms with Crippen molar-refractivity contribution in [1.82, 2.24) is 10.1 Å². The van der Waals surface area contributed by atoms with Crippen LogP contribution in [0.25, 0.3) is 22.6 Å². The molecule has 0 saturated carbocycles. The van der Waals surface area contributed by atoms with E-state index in [0.717, 1.165) is 5.56 Å². The molecule has 0 fully saturated rings. The van der Waals surface area contributed by atoms with E-state index in [2.05, 4.69) is 15.5 Å². The van der Waals surface area contributed by atoms with Gasteiger partial charge < -0.3 is 23.5 Å². The van der Waals surface area contributed by atoms with Crippen LogP contribution in [0, 0.1) is 0 Å². The van der Waals surface area contributed by atoms with Crippen molar-refractivity contribution in [1.29, 1.82) is 0 Å². The second kappa shape index (κ2) is 9.61. The molecule has 0 aliphatic heterocycles. The van der Waals surface area contributed by atoms with E-state index in [4.69, 9.17) is 23.5 Å². The Morgan fingerprint density at radius 1 is 0.909 bits per heavy atom. The van der Waals surface area contributed by atoms with Crippen LogP contribution in [-0.2, 0) is 0 Å². The molecule has 1 amide bonds. The molecule has 0 aliphatic carbocycles. The number of rotatable bonds is 8. The summed E-state index contributed by atoms with van der Waals surface area (Å²) in [6.45, 7) is 0. The van der Waals surface area contributed by atoms with Crippen molar-refractivity contribution in [3.8, 4) is 45.6 Å². The summed E-state index contributed by atoms with van der Waals surface area (Å²) in [5.41, 5.74) is 2.25. The van der Waals surface area contributed by atoms with Crippen molar-refractivity contribution in [2.45, 2.75) is 0 Å². The van der Waals surface area contributed by atoms with Gasteiger partial charge in [0.15, 0.2) is 28.1 Å². The highest BCUT2D eigenvalue weighted by atomic mass is 32.1. The third kappa shape index (κ3) is 4.60. The number of hydrogen-bond acceptors (Lipinski definition) is 9. The molecule has 0 radical (unpaired) electrons. The van der Waals surface area contributed by atoms with Gasteiger partial charge in [-0.3, -0.25) is 10.1 Å². The first-order valence-corrected chi connectivity index (χ1v) is 10.6. The lowest BCUT2D eigenvalue weighted by atomic mass is 10.1. The number of aromatic nitrogens is 2. The Kier molecular flexibility index (Phi) is 6.45. The molecule has 10 heteroatoms. The first-order chi connectivity index (χ1) is 16.1. The number of anilines is 1. The van der Waals surface area contributed by atoms with Crippen molar-refractivity contribution in [3.63, 3.8) is 0 Å². The summed E-state index contributed by atoms with van der Waals surface area (Å²) in [6, 6.07) is 12.3. The van der Waals surface area contributed by atoms with E-state index in [0.29, 0.717) is 45.1 Å². The van der Waals surface area contributed by atoms with Gasteiger partial charge in [0.2, 0.25) is 0 Å². The average Bonchev–Trinajstić information content (AvgIpc) is 3.53. The summed E-state index contributed by atoms with van der Waals surface area (Å²) in [4.78, 5) is 17.2. The molecule has 0 unspecified atom stereocenters. The van der Waals surface area contributed by atoms with Crippen molar-refractivity contribution in [2.24, 2.45) is 0 Å². The Morgan fingerprint density at radius 2 is 1.67 bits per heavy atom. The van der Waals surface area contributed by atoms with E-state index in [-0.39, 0.29) is 5.69 Å². The Bertz CT molecular complexity index is 1280. The molecule has 2 aromatic carbocycles. The highest BCUT2D eigenvalue weighted by Gasteiger charge is 2.19. The van der Waals surface area contributed by atoms with Gasteiger partial charge in [0.05, 0.1) is 39.7 Å². The summed E-state index contributed by atoms with van der Waals surface area (Å²) in [6.07, 6.45) is 0. The van der Waals surface area contributed by atoms with Crippen molar-refractivity contribution in [2.75, 3.05) is 33.8 Å². The summed E-state index contributed by atoms with van der Waals surface area (Å²) in [7, 11) is 6.26. The Balaban J connectivity index is 1.52. The van der Waals surface area contributed by atoms with Gasteiger partial charge in [-0.2, -0.15) is 0 Å². The van der Waals surface area contributed by atoms with E-state index in [1.807, 2.05) is 17.5 Å². The van der Waals surface area contributed by atoms with Gasteiger partial charge in [0, 0.05) is 17.0 Å². The van der Waals surface area contributed by atoms with Gasteiger partial charge in [-0.05, 0) is 36.4 Å². The number of carbonyl (C=O) groups excluding carboxylic acids is 1. The van der Waals surface area contributed by atoms with Crippen LogP contribution in [-0.4, -0.2) is 44.5 Å². The molecule has 9 nitrogen and oxygen atoms in total. The van der Waals surface area contributed by atoms with Crippen LogP contribution in [0.4, 0.5) is 5.13 Å². The molecule has 0 saturated heterocycles. The number of benzene rings is 2. The maximum atomic E-state index is 12.7. The number of methoxy groups -OCH3 is 4. The molecule has 4 aromatic rings. The van der Waals surface area contributed by atoms with Crippen LogP contribution in [0.1, 0.15) is 10.5 Å². The minimum absolute atomic E-state index is 0.109.